The van der Waals surface area contributed by atoms with Crippen molar-refractivity contribution in [1.29, 1.82) is 0 Å². The molecule has 2 saturated heterocycles. The summed E-state index contributed by atoms with van der Waals surface area (Å²) in [6.07, 6.45) is -17.5. The molecule has 8 N–H and O–H groups in total. The summed E-state index contributed by atoms with van der Waals surface area (Å²) in [5.74, 6) is -3.10. The SMILES string of the molecule is [2H]C1(C2(O)O[C@H](CO)[C@@H](O)[C@H](O)[C@H]2O)O[C@@H](C)[C@@H](O)[C@@H](O)[C@@H]1O. The van der Waals surface area contributed by atoms with Gasteiger partial charge in [0.15, 0.2) is 0 Å². The van der Waals surface area contributed by atoms with Crippen LogP contribution in [-0.4, -0.2) is 108 Å². The van der Waals surface area contributed by atoms with Crippen LogP contribution in [-0.2, 0) is 9.47 Å². The number of aliphatic hydroxyl groups excluding tert-OH is 7. The van der Waals surface area contributed by atoms with Gasteiger partial charge in [0.1, 0.15) is 48.8 Å². The first kappa shape index (κ1) is 16.5. The highest BCUT2D eigenvalue weighted by Crippen LogP contribution is 2.37. The van der Waals surface area contributed by atoms with Crippen LogP contribution in [0.1, 0.15) is 8.29 Å². The highest BCUT2D eigenvalue weighted by molar-refractivity contribution is 5.05. The van der Waals surface area contributed by atoms with Crippen LogP contribution in [0.15, 0.2) is 0 Å². The van der Waals surface area contributed by atoms with Crippen molar-refractivity contribution in [2.24, 2.45) is 0 Å². The van der Waals surface area contributed by atoms with Crippen molar-refractivity contribution in [3.8, 4) is 0 Å². The number of hydrogen-bond donors (Lipinski definition) is 8. The third-order valence-electron chi connectivity index (χ3n) is 4.06. The third kappa shape index (κ3) is 2.65. The molecule has 0 aliphatic carbocycles. The van der Waals surface area contributed by atoms with Crippen LogP contribution < -0.4 is 0 Å². The van der Waals surface area contributed by atoms with Gasteiger partial charge < -0.3 is 50.3 Å². The maximum absolute atomic E-state index is 10.6. The molecule has 22 heavy (non-hydrogen) atoms. The Bertz CT molecular complexity index is 438. The van der Waals surface area contributed by atoms with Crippen LogP contribution in [0.5, 0.6) is 0 Å². The van der Waals surface area contributed by atoms with Gasteiger partial charge in [0, 0.05) is 0 Å². The highest BCUT2D eigenvalue weighted by Gasteiger charge is 2.62. The van der Waals surface area contributed by atoms with E-state index < -0.39 is 67.3 Å². The van der Waals surface area contributed by atoms with E-state index in [4.69, 9.17) is 16.0 Å². The van der Waals surface area contributed by atoms with Gasteiger partial charge in [-0.05, 0) is 6.92 Å². The van der Waals surface area contributed by atoms with Crippen molar-refractivity contribution in [3.05, 3.63) is 0 Å². The Morgan fingerprint density at radius 3 is 2.09 bits per heavy atom. The van der Waals surface area contributed by atoms with Crippen molar-refractivity contribution in [1.82, 2.24) is 0 Å². The summed E-state index contributed by atoms with van der Waals surface area (Å²) in [7, 11) is 0. The van der Waals surface area contributed by atoms with Gasteiger partial charge in [-0.15, -0.1) is 0 Å². The lowest BCUT2D eigenvalue weighted by Gasteiger charge is -2.52. The fourth-order valence-corrected chi connectivity index (χ4v) is 2.61. The van der Waals surface area contributed by atoms with E-state index in [0.717, 1.165) is 0 Å². The molecule has 0 aromatic rings. The lowest BCUT2D eigenvalue weighted by Crippen LogP contribution is -2.74. The molecule has 0 aromatic heterocycles. The van der Waals surface area contributed by atoms with Crippen molar-refractivity contribution in [3.63, 3.8) is 0 Å². The van der Waals surface area contributed by atoms with Gasteiger partial charge in [0.2, 0.25) is 5.79 Å². The maximum atomic E-state index is 10.6. The molecule has 130 valence electrons. The predicted molar refractivity (Wildman–Crippen MR) is 67.3 cm³/mol. The first-order valence-electron chi connectivity index (χ1n) is 7.28. The molecule has 0 spiro atoms. The fraction of sp³-hybridized carbons (Fsp3) is 1.00. The van der Waals surface area contributed by atoms with Gasteiger partial charge in [-0.1, -0.05) is 0 Å². The van der Waals surface area contributed by atoms with E-state index in [0.29, 0.717) is 0 Å². The van der Waals surface area contributed by atoms with E-state index in [-0.39, 0.29) is 0 Å². The monoisotopic (exact) mass is 327 g/mol. The van der Waals surface area contributed by atoms with E-state index in [1.54, 1.807) is 0 Å². The quantitative estimate of drug-likeness (QED) is 0.245. The zero-order valence-electron chi connectivity index (χ0n) is 12.7. The van der Waals surface area contributed by atoms with E-state index in [9.17, 15) is 35.7 Å². The Hall–Kier alpha value is -0.400. The first-order valence-corrected chi connectivity index (χ1v) is 6.78. The van der Waals surface area contributed by atoms with Gasteiger partial charge in [-0.2, -0.15) is 0 Å². The Kier molecular flexibility index (Phi) is 4.67. The minimum atomic E-state index is -3.10. The molecule has 2 rings (SSSR count). The topological polar surface area (TPSA) is 180 Å². The molecule has 0 aromatic carbocycles. The highest BCUT2D eigenvalue weighted by atomic mass is 16.7. The molecule has 10 nitrogen and oxygen atoms in total. The summed E-state index contributed by atoms with van der Waals surface area (Å²) in [6.45, 7) is 0.372. The standard InChI is InChI=1S/C12H22O10/c1-3-5(14)7(16)9(18)11(21-3)12(20)10(19)8(17)6(15)4(2-13)22-12/h3-11,13-20H,2H2,1H3/t3-,4+,5+,6+,7+,8-,9-,10+,11?,12?/m0/s1/i11D. The molecule has 0 radical (unpaired) electrons. The number of hydrogen-bond acceptors (Lipinski definition) is 10. The Balaban J connectivity index is 2.43. The molecule has 2 aliphatic rings. The van der Waals surface area contributed by atoms with Gasteiger partial charge in [-0.25, -0.2) is 0 Å². The van der Waals surface area contributed by atoms with Gasteiger partial charge in [-0.3, -0.25) is 0 Å². The molecular weight excluding hydrogens is 304 g/mol. The van der Waals surface area contributed by atoms with Crippen LogP contribution in [0.3, 0.4) is 0 Å². The van der Waals surface area contributed by atoms with Crippen molar-refractivity contribution in [2.75, 3.05) is 6.61 Å². The Morgan fingerprint density at radius 2 is 1.55 bits per heavy atom. The van der Waals surface area contributed by atoms with Crippen molar-refractivity contribution >= 4 is 0 Å². The fourth-order valence-electron chi connectivity index (χ4n) is 2.61. The minimum Gasteiger partial charge on any atom is -0.394 e. The molecule has 10 heteroatoms. The second-order valence-electron chi connectivity index (χ2n) is 5.57. The van der Waals surface area contributed by atoms with Crippen LogP contribution in [0.25, 0.3) is 0 Å². The molecule has 0 bridgehead atoms. The molecule has 10 atom stereocenters. The summed E-state index contributed by atoms with van der Waals surface area (Å²) in [5.41, 5.74) is 0. The van der Waals surface area contributed by atoms with E-state index >= 15 is 0 Å². The van der Waals surface area contributed by atoms with Gasteiger partial charge >= 0.3 is 0 Å². The summed E-state index contributed by atoms with van der Waals surface area (Å²) < 4.78 is 18.2. The largest absolute Gasteiger partial charge is 0.394 e. The van der Waals surface area contributed by atoms with Crippen LogP contribution in [0, 0.1) is 0 Å². The lowest BCUT2D eigenvalue weighted by atomic mass is 9.83. The molecule has 2 unspecified atom stereocenters. The smallest absolute Gasteiger partial charge is 0.225 e. The first-order chi connectivity index (χ1) is 10.5. The average Bonchev–Trinajstić information content (AvgIpc) is 2.52. The van der Waals surface area contributed by atoms with Gasteiger partial charge in [0.05, 0.1) is 14.1 Å². The number of rotatable bonds is 2. The molecule has 2 fully saturated rings. The summed E-state index contributed by atoms with van der Waals surface area (Å²) in [6, 6.07) is 0. The number of ether oxygens (including phenoxy) is 2. The average molecular weight is 327 g/mol. The lowest BCUT2D eigenvalue weighted by molar-refractivity contribution is -0.404. The summed E-state index contributed by atoms with van der Waals surface area (Å²) >= 11 is 0. The van der Waals surface area contributed by atoms with Crippen LogP contribution in [0.2, 0.25) is 0 Å². The Morgan fingerprint density at radius 1 is 0.955 bits per heavy atom. The van der Waals surface area contributed by atoms with E-state index in [1.165, 1.54) is 6.92 Å². The second-order valence-corrected chi connectivity index (χ2v) is 5.57. The number of aliphatic hydroxyl groups is 8. The molecule has 2 aliphatic heterocycles. The van der Waals surface area contributed by atoms with E-state index in [2.05, 4.69) is 0 Å². The zero-order chi connectivity index (χ0) is 17.7. The van der Waals surface area contributed by atoms with Crippen LogP contribution >= 0.6 is 0 Å². The summed E-state index contributed by atoms with van der Waals surface area (Å²) in [4.78, 5) is 0. The second kappa shape index (κ2) is 6.24. The zero-order valence-corrected chi connectivity index (χ0v) is 11.7. The molecular formula is C12H22O10. The van der Waals surface area contributed by atoms with Crippen molar-refractivity contribution < 1.29 is 51.7 Å². The molecule has 0 saturated carbocycles. The van der Waals surface area contributed by atoms with Crippen molar-refractivity contribution in [2.45, 2.75) is 67.6 Å². The molecule has 0 amide bonds. The van der Waals surface area contributed by atoms with E-state index in [1.807, 2.05) is 0 Å². The maximum Gasteiger partial charge on any atom is 0.225 e. The predicted octanol–water partition coefficient (Wildman–Crippen LogP) is -4.98. The molecule has 2 heterocycles. The normalized spacial score (nSPS) is 60.9. The third-order valence-corrected chi connectivity index (χ3v) is 4.06. The minimum absolute atomic E-state index is 0.875. The van der Waals surface area contributed by atoms with Crippen LogP contribution in [0.4, 0.5) is 0 Å². The summed E-state index contributed by atoms with van der Waals surface area (Å²) in [5, 5.41) is 78.8. The van der Waals surface area contributed by atoms with Gasteiger partial charge in [0.25, 0.3) is 0 Å². The Labute approximate surface area is 127 Å².